The molecule has 0 spiro atoms. The second-order valence-corrected chi connectivity index (χ2v) is 7.43. The zero-order chi connectivity index (χ0) is 16.2. The molecular weight excluding hydrogens is 338 g/mol. The second-order valence-electron chi connectivity index (χ2n) is 5.71. The number of amides is 1. The third-order valence-corrected chi connectivity index (χ3v) is 5.52. The fourth-order valence-corrected chi connectivity index (χ4v) is 4.20. The van der Waals surface area contributed by atoms with Crippen LogP contribution in [0.5, 0.6) is 0 Å². The molecule has 0 saturated heterocycles. The lowest BCUT2D eigenvalue weighted by atomic mass is 9.99. The minimum atomic E-state index is -3.60. The summed E-state index contributed by atoms with van der Waals surface area (Å²) in [5.74, 6) is 0.122. The molecule has 1 atom stereocenters. The monoisotopic (exact) mass is 361 g/mol. The highest BCUT2D eigenvalue weighted by molar-refractivity contribution is 7.89. The lowest BCUT2D eigenvalue weighted by Gasteiger charge is -2.23. The van der Waals surface area contributed by atoms with Gasteiger partial charge in [-0.05, 0) is 43.0 Å². The molecular formula is C15H24ClN3O3S. The van der Waals surface area contributed by atoms with Crippen molar-refractivity contribution in [2.75, 3.05) is 11.9 Å². The van der Waals surface area contributed by atoms with E-state index in [2.05, 4.69) is 10.0 Å². The van der Waals surface area contributed by atoms with Gasteiger partial charge >= 0.3 is 0 Å². The molecule has 1 amide bonds. The number of hydrogen-bond acceptors (Lipinski definition) is 4. The zero-order valence-electron chi connectivity index (χ0n) is 13.1. The minimum Gasteiger partial charge on any atom is -0.329 e. The number of carbonyl (C=O) groups excluding carboxylic acids is 1. The van der Waals surface area contributed by atoms with Gasteiger partial charge in [0.2, 0.25) is 15.9 Å². The van der Waals surface area contributed by atoms with E-state index in [1.807, 2.05) is 0 Å². The van der Waals surface area contributed by atoms with Gasteiger partial charge in [-0.3, -0.25) is 4.79 Å². The van der Waals surface area contributed by atoms with E-state index < -0.39 is 10.0 Å². The zero-order valence-corrected chi connectivity index (χ0v) is 14.8. The van der Waals surface area contributed by atoms with Crippen LogP contribution in [-0.4, -0.2) is 26.9 Å². The Bertz CT molecular complexity index is 613. The molecule has 6 nitrogen and oxygen atoms in total. The quantitative estimate of drug-likeness (QED) is 0.719. The number of nitrogens with one attached hydrogen (secondary N) is 2. The van der Waals surface area contributed by atoms with E-state index in [4.69, 9.17) is 5.73 Å². The Hall–Kier alpha value is -1.15. The van der Waals surface area contributed by atoms with Gasteiger partial charge in [-0.1, -0.05) is 12.8 Å². The molecule has 2 rings (SSSR count). The minimum absolute atomic E-state index is 0. The van der Waals surface area contributed by atoms with E-state index in [1.165, 1.54) is 19.1 Å². The predicted octanol–water partition coefficient (Wildman–Crippen LogP) is 1.86. The highest BCUT2D eigenvalue weighted by atomic mass is 35.5. The number of hydrogen-bond donors (Lipinski definition) is 3. The molecule has 130 valence electrons. The van der Waals surface area contributed by atoms with Crippen molar-refractivity contribution in [3.8, 4) is 0 Å². The Balaban J connectivity index is 0.00000264. The van der Waals surface area contributed by atoms with Crippen LogP contribution in [-0.2, 0) is 14.8 Å². The molecule has 0 aliphatic heterocycles. The number of nitrogens with two attached hydrogens (primary N) is 1. The highest BCUT2D eigenvalue weighted by Gasteiger charge is 2.28. The fraction of sp³-hybridized carbons (Fsp3) is 0.533. The molecule has 1 aromatic rings. The number of halogens is 1. The molecule has 0 radical (unpaired) electrons. The van der Waals surface area contributed by atoms with Gasteiger partial charge < -0.3 is 11.1 Å². The number of anilines is 1. The van der Waals surface area contributed by atoms with Crippen molar-refractivity contribution in [3.63, 3.8) is 0 Å². The molecule has 0 aromatic heterocycles. The first-order valence-electron chi connectivity index (χ1n) is 7.52. The lowest BCUT2D eigenvalue weighted by molar-refractivity contribution is -0.114. The van der Waals surface area contributed by atoms with Crippen molar-refractivity contribution in [2.45, 2.75) is 43.5 Å². The number of benzene rings is 1. The molecule has 1 aliphatic carbocycles. The summed E-state index contributed by atoms with van der Waals surface area (Å²) in [6, 6.07) is 5.89. The number of sulfonamides is 1. The van der Waals surface area contributed by atoms with E-state index >= 15 is 0 Å². The van der Waals surface area contributed by atoms with Crippen molar-refractivity contribution in [3.05, 3.63) is 24.3 Å². The maximum atomic E-state index is 12.4. The second kappa shape index (κ2) is 8.63. The van der Waals surface area contributed by atoms with Gasteiger partial charge in [0.25, 0.3) is 0 Å². The molecule has 0 bridgehead atoms. The summed E-state index contributed by atoms with van der Waals surface area (Å²) in [6.45, 7) is 1.70. The first-order chi connectivity index (χ1) is 10.4. The van der Waals surface area contributed by atoms with E-state index in [0.29, 0.717) is 18.2 Å². The standard InChI is InChI=1S/C15H23N3O3S.ClH/c1-11(19)17-13-6-8-14(9-7-13)22(20,21)18-15(10-16)12-4-2-3-5-12;/h6-9,12,15,18H,2-5,10,16H2,1H3,(H,17,19);1H. The molecule has 1 unspecified atom stereocenters. The van der Waals surface area contributed by atoms with Crippen molar-refractivity contribution < 1.29 is 13.2 Å². The molecule has 8 heteroatoms. The Morgan fingerprint density at radius 1 is 1.26 bits per heavy atom. The van der Waals surface area contributed by atoms with Crippen LogP contribution in [0.25, 0.3) is 0 Å². The van der Waals surface area contributed by atoms with Gasteiger partial charge in [0, 0.05) is 25.2 Å². The van der Waals surface area contributed by atoms with Crippen LogP contribution in [0, 0.1) is 5.92 Å². The van der Waals surface area contributed by atoms with Crippen molar-refractivity contribution in [1.29, 1.82) is 0 Å². The lowest BCUT2D eigenvalue weighted by Crippen LogP contribution is -2.44. The van der Waals surface area contributed by atoms with E-state index in [9.17, 15) is 13.2 Å². The van der Waals surface area contributed by atoms with Crippen LogP contribution in [0.1, 0.15) is 32.6 Å². The summed E-state index contributed by atoms with van der Waals surface area (Å²) in [5, 5.41) is 2.61. The fourth-order valence-electron chi connectivity index (χ4n) is 2.88. The molecule has 0 heterocycles. The highest BCUT2D eigenvalue weighted by Crippen LogP contribution is 2.28. The van der Waals surface area contributed by atoms with Gasteiger partial charge in [0.05, 0.1) is 4.90 Å². The third-order valence-electron chi connectivity index (χ3n) is 4.01. The summed E-state index contributed by atoms with van der Waals surface area (Å²) in [4.78, 5) is 11.1. The summed E-state index contributed by atoms with van der Waals surface area (Å²) >= 11 is 0. The van der Waals surface area contributed by atoms with Crippen LogP contribution < -0.4 is 15.8 Å². The molecule has 1 aliphatic rings. The van der Waals surface area contributed by atoms with Gasteiger partial charge in [-0.2, -0.15) is 0 Å². The van der Waals surface area contributed by atoms with Crippen LogP contribution in [0.4, 0.5) is 5.69 Å². The summed E-state index contributed by atoms with van der Waals surface area (Å²) in [6.07, 6.45) is 4.31. The van der Waals surface area contributed by atoms with Crippen molar-refractivity contribution in [1.82, 2.24) is 4.72 Å². The first-order valence-corrected chi connectivity index (χ1v) is 9.01. The number of carbonyl (C=O) groups is 1. The van der Waals surface area contributed by atoms with Gasteiger partial charge in [0.1, 0.15) is 0 Å². The smallest absolute Gasteiger partial charge is 0.240 e. The van der Waals surface area contributed by atoms with Gasteiger partial charge in [-0.25, -0.2) is 13.1 Å². The maximum Gasteiger partial charge on any atom is 0.240 e. The SMILES string of the molecule is CC(=O)Nc1ccc(S(=O)(=O)NC(CN)C2CCCC2)cc1.Cl. The Labute approximate surface area is 143 Å². The molecule has 1 aromatic carbocycles. The van der Waals surface area contributed by atoms with E-state index in [-0.39, 0.29) is 29.3 Å². The molecule has 4 N–H and O–H groups in total. The molecule has 1 fully saturated rings. The largest absolute Gasteiger partial charge is 0.329 e. The average Bonchev–Trinajstić information content (AvgIpc) is 2.99. The van der Waals surface area contributed by atoms with Gasteiger partial charge in [0.15, 0.2) is 0 Å². The topological polar surface area (TPSA) is 101 Å². The van der Waals surface area contributed by atoms with Crippen LogP contribution in [0.2, 0.25) is 0 Å². The number of rotatable bonds is 6. The summed E-state index contributed by atoms with van der Waals surface area (Å²) in [5.41, 5.74) is 6.31. The first kappa shape index (κ1) is 19.9. The van der Waals surface area contributed by atoms with E-state index in [1.54, 1.807) is 12.1 Å². The van der Waals surface area contributed by atoms with Crippen molar-refractivity contribution >= 4 is 34.0 Å². The van der Waals surface area contributed by atoms with Crippen LogP contribution in [0.15, 0.2) is 29.2 Å². The Kier molecular flexibility index (Phi) is 7.47. The maximum absolute atomic E-state index is 12.4. The molecule has 1 saturated carbocycles. The average molecular weight is 362 g/mol. The summed E-state index contributed by atoms with van der Waals surface area (Å²) in [7, 11) is -3.60. The van der Waals surface area contributed by atoms with Gasteiger partial charge in [-0.15, -0.1) is 12.4 Å². The Morgan fingerprint density at radius 3 is 2.30 bits per heavy atom. The van der Waals surface area contributed by atoms with Crippen LogP contribution in [0.3, 0.4) is 0 Å². The van der Waals surface area contributed by atoms with E-state index in [0.717, 1.165) is 25.7 Å². The molecule has 23 heavy (non-hydrogen) atoms. The van der Waals surface area contributed by atoms with Crippen molar-refractivity contribution in [2.24, 2.45) is 11.7 Å². The predicted molar refractivity (Wildman–Crippen MR) is 93.1 cm³/mol. The third kappa shape index (κ3) is 5.46. The summed E-state index contributed by atoms with van der Waals surface area (Å²) < 4.78 is 27.6. The van der Waals surface area contributed by atoms with Crippen LogP contribution >= 0.6 is 12.4 Å². The Morgan fingerprint density at radius 2 is 1.83 bits per heavy atom. The normalized spacial score (nSPS) is 16.6.